The number of hydrogen-bond acceptors (Lipinski definition) is 3. The zero-order chi connectivity index (χ0) is 12.9. The van der Waals surface area contributed by atoms with Crippen molar-refractivity contribution in [3.05, 3.63) is 24.3 Å². The third-order valence-electron chi connectivity index (χ3n) is 2.78. The molecule has 0 aliphatic rings. The first-order valence-corrected chi connectivity index (χ1v) is 6.55. The summed E-state index contributed by atoms with van der Waals surface area (Å²) < 4.78 is 5.11. The Morgan fingerprint density at radius 3 is 2.41 bits per heavy atom. The van der Waals surface area contributed by atoms with Gasteiger partial charge in [0.25, 0.3) is 0 Å². The molecule has 1 aromatic carbocycles. The van der Waals surface area contributed by atoms with Crippen molar-refractivity contribution in [3.63, 3.8) is 0 Å². The molecule has 0 spiro atoms. The van der Waals surface area contributed by atoms with Crippen LogP contribution in [0.5, 0.6) is 5.75 Å². The van der Waals surface area contributed by atoms with Gasteiger partial charge < -0.3 is 10.5 Å². The number of hydrogen-bond donors (Lipinski definition) is 2. The largest absolute Gasteiger partial charge is 0.497 e. The Kier molecular flexibility index (Phi) is 4.87. The maximum atomic E-state index is 7.49. The van der Waals surface area contributed by atoms with Crippen LogP contribution in [-0.4, -0.2) is 18.7 Å². The molecule has 0 aliphatic carbocycles. The van der Waals surface area contributed by atoms with Crippen molar-refractivity contribution in [1.82, 2.24) is 0 Å². The molecule has 94 valence electrons. The number of rotatable bonds is 6. The zero-order valence-corrected chi connectivity index (χ0v) is 11.4. The van der Waals surface area contributed by atoms with Crippen molar-refractivity contribution in [2.45, 2.75) is 25.2 Å². The first-order chi connectivity index (χ1) is 7.95. The summed E-state index contributed by atoms with van der Waals surface area (Å²) in [6, 6.07) is 8.01. The highest BCUT2D eigenvalue weighted by molar-refractivity contribution is 7.99. The Morgan fingerprint density at radius 2 is 1.94 bits per heavy atom. The summed E-state index contributed by atoms with van der Waals surface area (Å²) in [5.74, 6) is 2.09. The van der Waals surface area contributed by atoms with Crippen LogP contribution in [0.15, 0.2) is 29.2 Å². The molecule has 1 aromatic rings. The lowest BCUT2D eigenvalue weighted by Crippen LogP contribution is -2.31. The second-order valence-electron chi connectivity index (χ2n) is 4.57. The van der Waals surface area contributed by atoms with Crippen molar-refractivity contribution >= 4 is 17.6 Å². The van der Waals surface area contributed by atoms with Gasteiger partial charge in [0, 0.05) is 10.3 Å². The molecule has 0 aromatic heterocycles. The van der Waals surface area contributed by atoms with Gasteiger partial charge in [-0.05, 0) is 36.4 Å². The molecule has 0 saturated heterocycles. The van der Waals surface area contributed by atoms with Gasteiger partial charge in [0.1, 0.15) is 5.75 Å². The number of amidine groups is 1. The van der Waals surface area contributed by atoms with Crippen LogP contribution >= 0.6 is 11.8 Å². The van der Waals surface area contributed by atoms with Crippen molar-refractivity contribution < 1.29 is 4.74 Å². The topological polar surface area (TPSA) is 59.1 Å². The average Bonchev–Trinajstić information content (AvgIpc) is 2.29. The maximum absolute atomic E-state index is 7.49. The first kappa shape index (κ1) is 13.9. The van der Waals surface area contributed by atoms with E-state index in [1.807, 2.05) is 38.1 Å². The number of nitrogens with two attached hydrogens (primary N) is 1. The summed E-state index contributed by atoms with van der Waals surface area (Å²) in [4.78, 5) is 1.21. The highest BCUT2D eigenvalue weighted by atomic mass is 32.2. The lowest BCUT2D eigenvalue weighted by Gasteiger charge is -2.22. The zero-order valence-electron chi connectivity index (χ0n) is 10.6. The quantitative estimate of drug-likeness (QED) is 0.464. The summed E-state index contributed by atoms with van der Waals surface area (Å²) in [6.45, 7) is 4.01. The van der Waals surface area contributed by atoms with Gasteiger partial charge in [-0.2, -0.15) is 0 Å². The second kappa shape index (κ2) is 5.96. The van der Waals surface area contributed by atoms with Crippen LogP contribution in [0.1, 0.15) is 20.3 Å². The van der Waals surface area contributed by atoms with Crippen LogP contribution in [0.2, 0.25) is 0 Å². The Hall–Kier alpha value is -1.16. The van der Waals surface area contributed by atoms with Crippen LogP contribution in [0, 0.1) is 10.8 Å². The van der Waals surface area contributed by atoms with Gasteiger partial charge >= 0.3 is 0 Å². The molecule has 0 atom stereocenters. The predicted molar refractivity (Wildman–Crippen MR) is 74.0 cm³/mol. The van der Waals surface area contributed by atoms with Gasteiger partial charge in [0.15, 0.2) is 0 Å². The second-order valence-corrected chi connectivity index (χ2v) is 5.74. The molecule has 3 N–H and O–H groups in total. The molecule has 0 heterocycles. The van der Waals surface area contributed by atoms with Crippen molar-refractivity contribution in [3.8, 4) is 5.75 Å². The molecule has 0 fully saturated rings. The number of benzene rings is 1. The van der Waals surface area contributed by atoms with Gasteiger partial charge in [-0.25, -0.2) is 0 Å². The summed E-state index contributed by atoms with van der Waals surface area (Å²) >= 11 is 1.78. The predicted octanol–water partition coefficient (Wildman–Crippen LogP) is 3.14. The van der Waals surface area contributed by atoms with Gasteiger partial charge in [0.05, 0.1) is 12.9 Å². The fourth-order valence-electron chi connectivity index (χ4n) is 1.23. The lowest BCUT2D eigenvalue weighted by atomic mass is 9.89. The molecule has 0 unspecified atom stereocenters. The molecule has 3 nitrogen and oxygen atoms in total. The Morgan fingerprint density at radius 1 is 1.35 bits per heavy atom. The molecule has 0 aliphatic heterocycles. The van der Waals surface area contributed by atoms with E-state index in [2.05, 4.69) is 0 Å². The molecule has 0 amide bonds. The van der Waals surface area contributed by atoms with E-state index in [0.29, 0.717) is 0 Å². The molecule has 17 heavy (non-hydrogen) atoms. The van der Waals surface area contributed by atoms with Crippen LogP contribution in [-0.2, 0) is 0 Å². The van der Waals surface area contributed by atoms with E-state index in [1.165, 1.54) is 4.90 Å². The highest BCUT2D eigenvalue weighted by Crippen LogP contribution is 2.27. The van der Waals surface area contributed by atoms with Gasteiger partial charge in [-0.3, -0.25) is 5.41 Å². The number of thioether (sulfide) groups is 1. The molecule has 0 bridgehead atoms. The summed E-state index contributed by atoms with van der Waals surface area (Å²) in [7, 11) is 1.66. The monoisotopic (exact) mass is 252 g/mol. The normalized spacial score (nSPS) is 11.2. The van der Waals surface area contributed by atoms with E-state index in [1.54, 1.807) is 18.9 Å². The standard InChI is InChI=1S/C13H20N2OS/c1-13(2,12(14)15)8-9-17-11-6-4-10(16-3)5-7-11/h4-7H,8-9H2,1-3H3,(H3,14,15). The average molecular weight is 252 g/mol. The Labute approximate surface area is 107 Å². The molecular weight excluding hydrogens is 232 g/mol. The summed E-state index contributed by atoms with van der Waals surface area (Å²) in [5, 5.41) is 7.49. The van der Waals surface area contributed by atoms with E-state index in [4.69, 9.17) is 15.9 Å². The Bertz CT molecular complexity index is 374. The van der Waals surface area contributed by atoms with Crippen LogP contribution in [0.4, 0.5) is 0 Å². The van der Waals surface area contributed by atoms with E-state index >= 15 is 0 Å². The number of nitrogens with one attached hydrogen (secondary N) is 1. The van der Waals surface area contributed by atoms with Crippen LogP contribution in [0.3, 0.4) is 0 Å². The van der Waals surface area contributed by atoms with Crippen molar-refractivity contribution in [2.75, 3.05) is 12.9 Å². The molecule has 4 heteroatoms. The molecule has 0 radical (unpaired) electrons. The van der Waals surface area contributed by atoms with Gasteiger partial charge in [-0.15, -0.1) is 11.8 Å². The Balaban J connectivity index is 2.43. The number of ether oxygens (including phenoxy) is 1. The van der Waals surface area contributed by atoms with Crippen molar-refractivity contribution in [1.29, 1.82) is 5.41 Å². The van der Waals surface area contributed by atoms with E-state index in [-0.39, 0.29) is 11.3 Å². The smallest absolute Gasteiger partial charge is 0.118 e. The molecular formula is C13H20N2OS. The SMILES string of the molecule is COc1ccc(SCCC(C)(C)C(=N)N)cc1. The number of methoxy groups -OCH3 is 1. The first-order valence-electron chi connectivity index (χ1n) is 5.57. The van der Waals surface area contributed by atoms with Crippen LogP contribution in [0.25, 0.3) is 0 Å². The molecule has 0 saturated carbocycles. The van der Waals surface area contributed by atoms with E-state index in [9.17, 15) is 0 Å². The van der Waals surface area contributed by atoms with Gasteiger partial charge in [-0.1, -0.05) is 13.8 Å². The fraction of sp³-hybridized carbons (Fsp3) is 0.462. The summed E-state index contributed by atoms with van der Waals surface area (Å²) in [5.41, 5.74) is 5.34. The minimum absolute atomic E-state index is 0.209. The van der Waals surface area contributed by atoms with Crippen LogP contribution < -0.4 is 10.5 Å². The van der Waals surface area contributed by atoms with E-state index < -0.39 is 0 Å². The van der Waals surface area contributed by atoms with E-state index in [0.717, 1.165) is 17.9 Å². The molecule has 1 rings (SSSR count). The maximum Gasteiger partial charge on any atom is 0.118 e. The minimum Gasteiger partial charge on any atom is -0.497 e. The third-order valence-corrected chi connectivity index (χ3v) is 3.80. The van der Waals surface area contributed by atoms with Gasteiger partial charge in [0.2, 0.25) is 0 Å². The minimum atomic E-state index is -0.209. The summed E-state index contributed by atoms with van der Waals surface area (Å²) in [6.07, 6.45) is 0.902. The fourth-order valence-corrected chi connectivity index (χ4v) is 2.41. The highest BCUT2D eigenvalue weighted by Gasteiger charge is 2.20. The third kappa shape index (κ3) is 4.30. The van der Waals surface area contributed by atoms with Crippen molar-refractivity contribution in [2.24, 2.45) is 11.1 Å². The lowest BCUT2D eigenvalue weighted by molar-refractivity contribution is 0.414.